The quantitative estimate of drug-likeness (QED) is 0.688. The molecule has 1 fully saturated rings. The fraction of sp³-hybridized carbons (Fsp3) is 0.364. The molecule has 0 spiro atoms. The molecule has 2 aliphatic rings. The number of halogens is 1. The molecule has 0 aromatic heterocycles. The lowest BCUT2D eigenvalue weighted by atomic mass is 10.1. The molecule has 0 aliphatic carbocycles. The molecule has 0 bridgehead atoms. The first-order chi connectivity index (χ1) is 15.2. The molecule has 2 aromatic carbocycles. The minimum absolute atomic E-state index is 0.115. The number of nitrogens with zero attached hydrogens (tertiary/aromatic N) is 2. The molecule has 0 radical (unpaired) electrons. The van der Waals surface area contributed by atoms with Gasteiger partial charge in [-0.05, 0) is 36.4 Å². The van der Waals surface area contributed by atoms with E-state index >= 15 is 0 Å². The number of piperazine rings is 1. The molecule has 32 heavy (non-hydrogen) atoms. The fourth-order valence-corrected chi connectivity index (χ4v) is 6.46. The van der Waals surface area contributed by atoms with Crippen LogP contribution in [0.4, 0.5) is 11.4 Å². The number of sulfone groups is 1. The van der Waals surface area contributed by atoms with Crippen molar-refractivity contribution >= 4 is 56.4 Å². The summed E-state index contributed by atoms with van der Waals surface area (Å²) in [4.78, 5) is 29.4. The fourth-order valence-electron chi connectivity index (χ4n) is 3.92. The second kappa shape index (κ2) is 9.33. The predicted molar refractivity (Wildman–Crippen MR) is 127 cm³/mol. The summed E-state index contributed by atoms with van der Waals surface area (Å²) in [5.74, 6) is -0.952. The highest BCUT2D eigenvalue weighted by Crippen LogP contribution is 2.33. The van der Waals surface area contributed by atoms with E-state index in [2.05, 4.69) is 10.2 Å². The van der Waals surface area contributed by atoms with Crippen molar-refractivity contribution in [3.63, 3.8) is 0 Å². The molecule has 7 nitrogen and oxygen atoms in total. The Morgan fingerprint density at radius 1 is 1.16 bits per heavy atom. The van der Waals surface area contributed by atoms with Crippen LogP contribution in [-0.4, -0.2) is 62.8 Å². The summed E-state index contributed by atoms with van der Waals surface area (Å²) in [6.45, 7) is 4.02. The summed E-state index contributed by atoms with van der Waals surface area (Å²) >= 11 is 7.45. The monoisotopic (exact) mass is 493 g/mol. The van der Waals surface area contributed by atoms with Gasteiger partial charge < -0.3 is 15.1 Å². The molecule has 2 amide bonds. The van der Waals surface area contributed by atoms with Crippen LogP contribution >= 0.6 is 23.4 Å². The summed E-state index contributed by atoms with van der Waals surface area (Å²) in [6.07, 6.45) is 0. The average Bonchev–Trinajstić information content (AvgIpc) is 2.78. The molecule has 2 aromatic rings. The Morgan fingerprint density at radius 3 is 2.62 bits per heavy atom. The van der Waals surface area contributed by atoms with E-state index in [9.17, 15) is 18.0 Å². The van der Waals surface area contributed by atoms with Crippen LogP contribution in [0.25, 0.3) is 0 Å². The summed E-state index contributed by atoms with van der Waals surface area (Å²) < 4.78 is 25.9. The van der Waals surface area contributed by atoms with E-state index in [0.29, 0.717) is 42.6 Å². The number of carbonyl (C=O) groups is 2. The highest BCUT2D eigenvalue weighted by molar-refractivity contribution is 8.00. The van der Waals surface area contributed by atoms with Crippen molar-refractivity contribution in [2.24, 2.45) is 5.92 Å². The maximum absolute atomic E-state index is 13.0. The summed E-state index contributed by atoms with van der Waals surface area (Å²) in [5, 5.41) is 3.38. The average molecular weight is 494 g/mol. The van der Waals surface area contributed by atoms with E-state index in [0.717, 1.165) is 10.6 Å². The van der Waals surface area contributed by atoms with Crippen LogP contribution < -0.4 is 10.2 Å². The van der Waals surface area contributed by atoms with Crippen molar-refractivity contribution in [1.29, 1.82) is 0 Å². The summed E-state index contributed by atoms with van der Waals surface area (Å²) in [7, 11) is -3.69. The first kappa shape index (κ1) is 22.9. The lowest BCUT2D eigenvalue weighted by Gasteiger charge is -2.37. The Balaban J connectivity index is 1.38. The highest BCUT2D eigenvalue weighted by atomic mass is 35.5. The predicted octanol–water partition coefficient (Wildman–Crippen LogP) is 3.14. The van der Waals surface area contributed by atoms with Crippen molar-refractivity contribution in [3.8, 4) is 0 Å². The molecular weight excluding hydrogens is 470 g/mol. The first-order valence-electron chi connectivity index (χ1n) is 10.3. The van der Waals surface area contributed by atoms with Crippen LogP contribution in [0.3, 0.4) is 0 Å². The number of anilines is 2. The van der Waals surface area contributed by atoms with Crippen LogP contribution in [0.5, 0.6) is 0 Å². The van der Waals surface area contributed by atoms with Gasteiger partial charge in [-0.1, -0.05) is 24.6 Å². The third kappa shape index (κ3) is 5.05. The zero-order chi connectivity index (χ0) is 22.9. The van der Waals surface area contributed by atoms with E-state index in [4.69, 9.17) is 11.6 Å². The smallest absolute Gasteiger partial charge is 0.234 e. The molecule has 2 aliphatic heterocycles. The number of fused-ring (bicyclic) bond motifs is 1. The van der Waals surface area contributed by atoms with Gasteiger partial charge in [0.05, 0.1) is 22.1 Å². The minimum Gasteiger partial charge on any atom is -0.368 e. The van der Waals surface area contributed by atoms with Gasteiger partial charge in [-0.3, -0.25) is 9.59 Å². The van der Waals surface area contributed by atoms with Gasteiger partial charge >= 0.3 is 0 Å². The maximum atomic E-state index is 13.0. The minimum atomic E-state index is -3.69. The van der Waals surface area contributed by atoms with Gasteiger partial charge in [-0.2, -0.15) is 0 Å². The van der Waals surface area contributed by atoms with Crippen molar-refractivity contribution < 1.29 is 18.0 Å². The van der Waals surface area contributed by atoms with Crippen LogP contribution in [0.1, 0.15) is 6.92 Å². The molecule has 0 unspecified atom stereocenters. The van der Waals surface area contributed by atoms with E-state index in [1.165, 1.54) is 17.8 Å². The largest absolute Gasteiger partial charge is 0.368 e. The van der Waals surface area contributed by atoms with Crippen LogP contribution in [0.2, 0.25) is 5.02 Å². The molecule has 1 saturated heterocycles. The van der Waals surface area contributed by atoms with Crippen molar-refractivity contribution in [2.75, 3.05) is 47.9 Å². The first-order valence-corrected chi connectivity index (χ1v) is 13.3. The molecule has 2 heterocycles. The zero-order valence-electron chi connectivity index (χ0n) is 17.6. The lowest BCUT2D eigenvalue weighted by Crippen LogP contribution is -2.50. The molecule has 1 atom stereocenters. The topological polar surface area (TPSA) is 86.8 Å². The van der Waals surface area contributed by atoms with E-state index in [1.807, 2.05) is 24.3 Å². The zero-order valence-corrected chi connectivity index (χ0v) is 20.0. The van der Waals surface area contributed by atoms with Gasteiger partial charge in [0, 0.05) is 47.7 Å². The number of hydrogen-bond acceptors (Lipinski definition) is 6. The number of benzene rings is 2. The number of amides is 2. The third-order valence-corrected chi connectivity index (χ3v) is 8.82. The lowest BCUT2D eigenvalue weighted by molar-refractivity contribution is -0.134. The Labute approximate surface area is 197 Å². The van der Waals surface area contributed by atoms with Crippen LogP contribution in [-0.2, 0) is 19.4 Å². The van der Waals surface area contributed by atoms with Crippen molar-refractivity contribution in [3.05, 3.63) is 47.5 Å². The second-order valence-electron chi connectivity index (χ2n) is 7.97. The molecule has 10 heteroatoms. The van der Waals surface area contributed by atoms with Gasteiger partial charge in [0.15, 0.2) is 9.84 Å². The van der Waals surface area contributed by atoms with Gasteiger partial charge in [0.1, 0.15) is 0 Å². The Morgan fingerprint density at radius 2 is 1.91 bits per heavy atom. The Hall–Kier alpha value is -2.23. The maximum Gasteiger partial charge on any atom is 0.234 e. The Kier molecular flexibility index (Phi) is 6.69. The van der Waals surface area contributed by atoms with Crippen molar-refractivity contribution in [2.45, 2.75) is 16.7 Å². The Bertz CT molecular complexity index is 1150. The van der Waals surface area contributed by atoms with Gasteiger partial charge in [0.25, 0.3) is 0 Å². The molecule has 4 rings (SSSR count). The van der Waals surface area contributed by atoms with Gasteiger partial charge in [-0.25, -0.2) is 8.42 Å². The van der Waals surface area contributed by atoms with E-state index < -0.39 is 15.8 Å². The van der Waals surface area contributed by atoms with Crippen molar-refractivity contribution in [1.82, 2.24) is 4.90 Å². The SMILES string of the molecule is C[C@@H](CS(=O)(=O)c1ccc2c(c1)NC(=O)CS2)C(=O)N1CCN(c2cccc(Cl)c2)CC1. The molecule has 170 valence electrons. The van der Waals surface area contributed by atoms with Crippen LogP contribution in [0, 0.1) is 5.92 Å². The van der Waals surface area contributed by atoms with E-state index in [1.54, 1.807) is 24.0 Å². The number of hydrogen-bond donors (Lipinski definition) is 1. The third-order valence-electron chi connectivity index (χ3n) is 5.60. The number of carbonyl (C=O) groups excluding carboxylic acids is 2. The van der Waals surface area contributed by atoms with Gasteiger partial charge in [0.2, 0.25) is 11.8 Å². The highest BCUT2D eigenvalue weighted by Gasteiger charge is 2.30. The number of thioether (sulfide) groups is 1. The molecule has 1 N–H and O–H groups in total. The number of rotatable bonds is 5. The standard InChI is InChI=1S/C22H24ClN3O4S2/c1-15(14-32(29,30)18-5-6-20-19(12-18)24-21(27)13-31-20)22(28)26-9-7-25(8-10-26)17-4-2-3-16(23)11-17/h2-6,11-12,15H,7-10,13-14H2,1H3,(H,24,27)/t15-/m0/s1. The summed E-state index contributed by atoms with van der Waals surface area (Å²) in [6, 6.07) is 12.3. The van der Waals surface area contributed by atoms with Crippen LogP contribution in [0.15, 0.2) is 52.3 Å². The normalized spacial score (nSPS) is 17.5. The number of nitrogens with one attached hydrogen (secondary N) is 1. The molecule has 0 saturated carbocycles. The van der Waals surface area contributed by atoms with E-state index in [-0.39, 0.29) is 22.5 Å². The summed E-state index contributed by atoms with van der Waals surface area (Å²) in [5.41, 5.74) is 1.52. The van der Waals surface area contributed by atoms with Gasteiger partial charge in [-0.15, -0.1) is 11.8 Å². The molecular formula is C22H24ClN3O4S2. The second-order valence-corrected chi connectivity index (χ2v) is 11.5.